The van der Waals surface area contributed by atoms with E-state index in [-0.39, 0.29) is 12.5 Å². The topological polar surface area (TPSA) is 76.7 Å². The molecule has 1 aliphatic heterocycles. The van der Waals surface area contributed by atoms with Crippen molar-refractivity contribution in [2.24, 2.45) is 0 Å². The molecule has 3 heterocycles. The van der Waals surface area contributed by atoms with Gasteiger partial charge in [0.05, 0.1) is 29.7 Å². The van der Waals surface area contributed by atoms with E-state index in [0.29, 0.717) is 17.8 Å². The van der Waals surface area contributed by atoms with Crippen LogP contribution in [0.3, 0.4) is 0 Å². The molecule has 0 bridgehead atoms. The third-order valence-corrected chi connectivity index (χ3v) is 5.53. The van der Waals surface area contributed by atoms with Crippen LogP contribution in [-0.2, 0) is 4.79 Å². The van der Waals surface area contributed by atoms with E-state index in [1.54, 1.807) is 0 Å². The summed E-state index contributed by atoms with van der Waals surface area (Å²) in [6.45, 7) is 5.85. The highest BCUT2D eigenvalue weighted by atomic mass is 16.2. The number of terminal acetylenes is 1. The fourth-order valence-electron chi connectivity index (χ4n) is 4.07. The number of para-hydroxylation sites is 2. The second kappa shape index (κ2) is 8.44. The van der Waals surface area contributed by atoms with Gasteiger partial charge in [-0.25, -0.2) is 4.98 Å². The van der Waals surface area contributed by atoms with Crippen LogP contribution in [0.15, 0.2) is 30.3 Å². The van der Waals surface area contributed by atoms with Crippen LogP contribution in [0, 0.1) is 30.6 Å². The minimum Gasteiger partial charge on any atom is -0.356 e. The summed E-state index contributed by atoms with van der Waals surface area (Å²) in [5, 5.41) is 12.4. The van der Waals surface area contributed by atoms with Crippen molar-refractivity contribution in [3.05, 3.63) is 41.5 Å². The Kier molecular flexibility index (Phi) is 5.56. The van der Waals surface area contributed by atoms with Crippen molar-refractivity contribution >= 4 is 28.4 Å². The van der Waals surface area contributed by atoms with Gasteiger partial charge in [0.25, 0.3) is 0 Å². The summed E-state index contributed by atoms with van der Waals surface area (Å²) in [4.78, 5) is 21.3. The zero-order valence-electron chi connectivity index (χ0n) is 17.1. The van der Waals surface area contributed by atoms with E-state index in [9.17, 15) is 10.1 Å². The summed E-state index contributed by atoms with van der Waals surface area (Å²) < 4.78 is 2.09. The molecule has 7 nitrogen and oxygen atoms in total. The number of nitriles is 1. The highest BCUT2D eigenvalue weighted by Gasteiger charge is 2.22. The standard InChI is InChI=1S/C23H24N6O/c1-3-9-25-21(30)16-27-10-6-11-28(13-12-27)22-14-17(2)18(15-24)23-26-19-7-4-5-8-20(19)29(22)23/h1,4-5,7-8,14H,6,9-13,16H2,2H3,(H,25,30). The quantitative estimate of drug-likeness (QED) is 0.678. The highest BCUT2D eigenvalue weighted by molar-refractivity contribution is 5.85. The Hall–Kier alpha value is -3.55. The van der Waals surface area contributed by atoms with Crippen LogP contribution in [0.25, 0.3) is 16.7 Å². The van der Waals surface area contributed by atoms with Crippen LogP contribution in [0.5, 0.6) is 0 Å². The predicted octanol–water partition coefficient (Wildman–Crippen LogP) is 1.93. The Morgan fingerprint density at radius 2 is 2.10 bits per heavy atom. The molecule has 4 rings (SSSR count). The van der Waals surface area contributed by atoms with Gasteiger partial charge in [-0.2, -0.15) is 5.26 Å². The molecule has 0 unspecified atom stereocenters. The summed E-state index contributed by atoms with van der Waals surface area (Å²) in [6.07, 6.45) is 6.15. The van der Waals surface area contributed by atoms with E-state index in [1.165, 1.54) is 0 Å². The number of carbonyl (C=O) groups excluding carboxylic acids is 1. The molecule has 3 aromatic rings. The minimum absolute atomic E-state index is 0.0430. The Bertz CT molecular complexity index is 1180. The van der Waals surface area contributed by atoms with E-state index >= 15 is 0 Å². The van der Waals surface area contributed by atoms with Crippen LogP contribution >= 0.6 is 0 Å². The van der Waals surface area contributed by atoms with Crippen LogP contribution in [0.4, 0.5) is 5.82 Å². The summed E-state index contributed by atoms with van der Waals surface area (Å²) in [6, 6.07) is 12.4. The van der Waals surface area contributed by atoms with Crippen LogP contribution in [-0.4, -0.2) is 59.5 Å². The van der Waals surface area contributed by atoms with Crippen molar-refractivity contribution in [1.82, 2.24) is 19.6 Å². The highest BCUT2D eigenvalue weighted by Crippen LogP contribution is 2.29. The molecule has 1 aliphatic rings. The number of nitrogens with one attached hydrogen (secondary N) is 1. The molecule has 1 N–H and O–H groups in total. The molecular weight excluding hydrogens is 376 g/mol. The largest absolute Gasteiger partial charge is 0.356 e. The number of amides is 1. The molecule has 1 aromatic carbocycles. The molecule has 30 heavy (non-hydrogen) atoms. The van der Waals surface area contributed by atoms with E-state index in [0.717, 1.165) is 55.0 Å². The third kappa shape index (κ3) is 3.68. The number of aromatic nitrogens is 2. The normalized spacial score (nSPS) is 15.0. The Balaban J connectivity index is 1.66. The summed E-state index contributed by atoms with van der Waals surface area (Å²) >= 11 is 0. The summed E-state index contributed by atoms with van der Waals surface area (Å²) in [5.41, 5.74) is 4.10. The minimum atomic E-state index is -0.0430. The first kappa shape index (κ1) is 19.8. The number of hydrogen-bond donors (Lipinski definition) is 1. The van der Waals surface area contributed by atoms with Gasteiger partial charge in [0.1, 0.15) is 11.9 Å². The van der Waals surface area contributed by atoms with Crippen molar-refractivity contribution in [1.29, 1.82) is 5.26 Å². The number of carbonyl (C=O) groups is 1. The molecule has 2 aromatic heterocycles. The molecule has 0 saturated carbocycles. The maximum absolute atomic E-state index is 12.0. The number of nitrogens with zero attached hydrogens (tertiary/aromatic N) is 5. The molecular formula is C23H24N6O. The van der Waals surface area contributed by atoms with Gasteiger partial charge >= 0.3 is 0 Å². The maximum Gasteiger partial charge on any atom is 0.234 e. The van der Waals surface area contributed by atoms with Crippen LogP contribution in [0.2, 0.25) is 0 Å². The molecule has 7 heteroatoms. The van der Waals surface area contributed by atoms with E-state index < -0.39 is 0 Å². The SMILES string of the molecule is C#CCNC(=O)CN1CCCN(c2cc(C)c(C#N)c3nc4ccccc4n23)CC1. The second-order valence-corrected chi connectivity index (χ2v) is 7.53. The molecule has 152 valence electrons. The first-order valence-electron chi connectivity index (χ1n) is 10.1. The monoisotopic (exact) mass is 400 g/mol. The van der Waals surface area contributed by atoms with Gasteiger partial charge in [-0.1, -0.05) is 18.1 Å². The number of benzene rings is 1. The number of anilines is 1. The lowest BCUT2D eigenvalue weighted by Crippen LogP contribution is -2.39. The van der Waals surface area contributed by atoms with Crippen molar-refractivity contribution in [2.45, 2.75) is 13.3 Å². The molecule has 1 fully saturated rings. The number of pyridine rings is 1. The first-order valence-corrected chi connectivity index (χ1v) is 10.1. The van der Waals surface area contributed by atoms with E-state index in [1.807, 2.05) is 31.2 Å². The second-order valence-electron chi connectivity index (χ2n) is 7.53. The van der Waals surface area contributed by atoms with Gasteiger partial charge < -0.3 is 10.2 Å². The number of rotatable bonds is 4. The number of aryl methyl sites for hydroxylation is 1. The number of hydrogen-bond acceptors (Lipinski definition) is 5. The Labute approximate surface area is 175 Å². The van der Waals surface area contributed by atoms with Crippen molar-refractivity contribution in [3.63, 3.8) is 0 Å². The lowest BCUT2D eigenvalue weighted by molar-refractivity contribution is -0.121. The van der Waals surface area contributed by atoms with Crippen molar-refractivity contribution < 1.29 is 4.79 Å². The number of imidazole rings is 1. The zero-order chi connectivity index (χ0) is 21.1. The molecule has 0 radical (unpaired) electrons. The average Bonchev–Trinajstić information content (AvgIpc) is 2.97. The lowest BCUT2D eigenvalue weighted by atomic mass is 10.1. The van der Waals surface area contributed by atoms with Gasteiger partial charge in [-0.15, -0.1) is 6.42 Å². The Morgan fingerprint density at radius 1 is 1.27 bits per heavy atom. The van der Waals surface area contributed by atoms with Crippen molar-refractivity contribution in [2.75, 3.05) is 44.2 Å². The third-order valence-electron chi connectivity index (χ3n) is 5.53. The van der Waals surface area contributed by atoms with Gasteiger partial charge in [0.15, 0.2) is 5.65 Å². The fraction of sp³-hybridized carbons (Fsp3) is 0.348. The summed E-state index contributed by atoms with van der Waals surface area (Å²) in [5.74, 6) is 3.42. The zero-order valence-corrected chi connectivity index (χ0v) is 17.1. The van der Waals surface area contributed by atoms with Gasteiger partial charge in [-0.05, 0) is 37.1 Å². The Morgan fingerprint density at radius 3 is 2.90 bits per heavy atom. The van der Waals surface area contributed by atoms with E-state index in [2.05, 4.69) is 37.6 Å². The van der Waals surface area contributed by atoms with Gasteiger partial charge in [0, 0.05) is 26.2 Å². The maximum atomic E-state index is 12.0. The van der Waals surface area contributed by atoms with Crippen LogP contribution < -0.4 is 10.2 Å². The first-order chi connectivity index (χ1) is 14.6. The molecule has 0 atom stereocenters. The molecule has 0 spiro atoms. The molecule has 1 amide bonds. The molecule has 1 saturated heterocycles. The smallest absolute Gasteiger partial charge is 0.234 e. The fourth-order valence-corrected chi connectivity index (χ4v) is 4.07. The molecule has 0 aliphatic carbocycles. The lowest BCUT2D eigenvalue weighted by Gasteiger charge is -2.25. The van der Waals surface area contributed by atoms with Crippen molar-refractivity contribution in [3.8, 4) is 18.4 Å². The summed E-state index contributed by atoms with van der Waals surface area (Å²) in [7, 11) is 0. The van der Waals surface area contributed by atoms with Gasteiger partial charge in [-0.3, -0.25) is 14.1 Å². The predicted molar refractivity (Wildman–Crippen MR) is 117 cm³/mol. The van der Waals surface area contributed by atoms with Crippen LogP contribution in [0.1, 0.15) is 17.5 Å². The van der Waals surface area contributed by atoms with E-state index in [4.69, 9.17) is 11.4 Å². The average molecular weight is 400 g/mol. The number of fused-ring (bicyclic) bond motifs is 3. The van der Waals surface area contributed by atoms with Gasteiger partial charge in [0.2, 0.25) is 5.91 Å².